The summed E-state index contributed by atoms with van der Waals surface area (Å²) < 4.78 is 0. The maximum atomic E-state index is 2.25. The number of hydrogen-bond acceptors (Lipinski definition) is 4. The van der Waals surface area contributed by atoms with Gasteiger partial charge in [0.05, 0.1) is 0 Å². The first kappa shape index (κ1) is 19.9. The molecule has 0 radical (unpaired) electrons. The molecule has 2 aromatic carbocycles. The maximum absolute atomic E-state index is 2.25. The predicted octanol–water partition coefficient (Wildman–Crippen LogP) is 10.3. The van der Waals surface area contributed by atoms with Crippen LogP contribution in [0.4, 0.5) is 0 Å². The predicted molar refractivity (Wildman–Crippen MR) is 145 cm³/mol. The molecule has 0 nitrogen and oxygen atoms in total. The Morgan fingerprint density at radius 2 is 0.656 bits per heavy atom. The molecule has 6 rings (SSSR count). The zero-order valence-electron chi connectivity index (χ0n) is 17.0. The lowest BCUT2D eigenvalue weighted by Crippen LogP contribution is -1.74. The quantitative estimate of drug-likeness (QED) is 0.229. The zero-order valence-corrected chi connectivity index (χ0v) is 20.3. The van der Waals surface area contributed by atoms with E-state index < -0.39 is 0 Å². The first-order chi connectivity index (χ1) is 15.8. The molecule has 0 saturated heterocycles. The number of hydrogen-bond donors (Lipinski definition) is 0. The lowest BCUT2D eigenvalue weighted by atomic mass is 10.1. The molecule has 0 aliphatic carbocycles. The Morgan fingerprint density at radius 3 is 1.00 bits per heavy atom. The Hall–Kier alpha value is -2.76. The molecular weight excluding hydrogens is 465 g/mol. The van der Waals surface area contributed by atoms with Crippen molar-refractivity contribution in [3.63, 3.8) is 0 Å². The van der Waals surface area contributed by atoms with Crippen molar-refractivity contribution in [2.75, 3.05) is 0 Å². The van der Waals surface area contributed by atoms with Crippen LogP contribution < -0.4 is 0 Å². The van der Waals surface area contributed by atoms with Gasteiger partial charge < -0.3 is 0 Å². The van der Waals surface area contributed by atoms with E-state index in [1.54, 1.807) is 22.7 Å². The van der Waals surface area contributed by atoms with E-state index in [9.17, 15) is 0 Å². The first-order valence-corrected chi connectivity index (χ1v) is 13.7. The molecule has 0 fully saturated rings. The average molecular weight is 483 g/mol. The second-order valence-corrected chi connectivity index (χ2v) is 11.5. The van der Waals surface area contributed by atoms with Gasteiger partial charge in [0.2, 0.25) is 0 Å². The summed E-state index contributed by atoms with van der Waals surface area (Å²) in [6.07, 6.45) is 0. The second kappa shape index (κ2) is 8.64. The molecule has 0 aliphatic rings. The van der Waals surface area contributed by atoms with Crippen LogP contribution in [0.25, 0.3) is 51.5 Å². The fourth-order valence-electron chi connectivity index (χ4n) is 3.73. The number of thiophene rings is 4. The minimum Gasteiger partial charge on any atom is -0.144 e. The topological polar surface area (TPSA) is 0 Å². The van der Waals surface area contributed by atoms with Gasteiger partial charge in [-0.1, -0.05) is 60.7 Å². The summed E-state index contributed by atoms with van der Waals surface area (Å²) in [7, 11) is 0. The van der Waals surface area contributed by atoms with Gasteiger partial charge in [-0.15, -0.1) is 45.3 Å². The largest absolute Gasteiger partial charge is 0.144 e. The van der Waals surface area contributed by atoms with E-state index in [0.29, 0.717) is 0 Å². The van der Waals surface area contributed by atoms with Crippen LogP contribution in [-0.2, 0) is 0 Å². The van der Waals surface area contributed by atoms with Gasteiger partial charge in [0.25, 0.3) is 0 Å². The van der Waals surface area contributed by atoms with E-state index in [1.807, 2.05) is 22.7 Å². The van der Waals surface area contributed by atoms with Crippen molar-refractivity contribution in [3.8, 4) is 51.5 Å². The van der Waals surface area contributed by atoms with E-state index in [-0.39, 0.29) is 0 Å². The molecular formula is C28H18S4. The Bertz CT molecular complexity index is 1310. The van der Waals surface area contributed by atoms with Crippen molar-refractivity contribution in [3.05, 3.63) is 108 Å². The smallest absolute Gasteiger partial charge is 0.0449 e. The third kappa shape index (κ3) is 3.91. The molecule has 0 saturated carbocycles. The average Bonchev–Trinajstić information content (AvgIpc) is 3.66. The van der Waals surface area contributed by atoms with E-state index >= 15 is 0 Å². The van der Waals surface area contributed by atoms with Crippen LogP contribution >= 0.6 is 45.3 Å². The van der Waals surface area contributed by atoms with Crippen molar-refractivity contribution in [1.29, 1.82) is 0 Å². The van der Waals surface area contributed by atoms with Crippen LogP contribution in [0.5, 0.6) is 0 Å². The summed E-state index contributed by atoms with van der Waals surface area (Å²) in [5.74, 6) is 0. The summed E-state index contributed by atoms with van der Waals surface area (Å²) in [6.45, 7) is 0. The molecule has 0 amide bonds. The highest BCUT2D eigenvalue weighted by Gasteiger charge is 2.10. The molecule has 0 atom stereocenters. The Labute approximate surface area is 203 Å². The van der Waals surface area contributed by atoms with Crippen LogP contribution in [-0.4, -0.2) is 0 Å². The molecule has 4 heteroatoms. The van der Waals surface area contributed by atoms with Gasteiger partial charge in [-0.3, -0.25) is 0 Å². The normalized spacial score (nSPS) is 11.1. The molecule has 4 aromatic heterocycles. The van der Waals surface area contributed by atoms with Gasteiger partial charge in [-0.2, -0.15) is 0 Å². The fourth-order valence-corrected chi connectivity index (χ4v) is 7.31. The molecule has 0 unspecified atom stereocenters. The van der Waals surface area contributed by atoms with Crippen molar-refractivity contribution < 1.29 is 0 Å². The third-order valence-electron chi connectivity index (χ3n) is 5.41. The Balaban J connectivity index is 1.22. The van der Waals surface area contributed by atoms with Crippen LogP contribution in [0, 0.1) is 0 Å². The van der Waals surface area contributed by atoms with Gasteiger partial charge in [-0.05, 0) is 69.4 Å². The summed E-state index contributed by atoms with van der Waals surface area (Å²) in [5.41, 5.74) is 5.13. The summed E-state index contributed by atoms with van der Waals surface area (Å²) >= 11 is 7.30. The van der Waals surface area contributed by atoms with Gasteiger partial charge in [-0.25, -0.2) is 0 Å². The summed E-state index contributed by atoms with van der Waals surface area (Å²) in [5, 5.41) is 4.25. The van der Waals surface area contributed by atoms with E-state index in [4.69, 9.17) is 0 Å². The number of benzene rings is 2. The summed E-state index contributed by atoms with van der Waals surface area (Å²) in [4.78, 5) is 7.92. The molecule has 6 aromatic rings. The van der Waals surface area contributed by atoms with Crippen LogP contribution in [0.3, 0.4) is 0 Å². The highest BCUT2D eigenvalue weighted by atomic mass is 32.1. The van der Waals surface area contributed by atoms with Crippen molar-refractivity contribution in [2.45, 2.75) is 0 Å². The van der Waals surface area contributed by atoms with Crippen molar-refractivity contribution in [2.24, 2.45) is 0 Å². The standard InChI is InChI=1S/C28H18S4/c1-3-23(29-17-1)19-5-9-21(10-6-19)25-13-15-27(31-25)28-16-14-26(32-28)22-11-7-20(8-12-22)24-4-2-18-30-24/h1-18H. The third-order valence-corrected chi connectivity index (χ3v) is 9.71. The summed E-state index contributed by atoms with van der Waals surface area (Å²) in [6, 6.07) is 35.4. The van der Waals surface area contributed by atoms with Crippen LogP contribution in [0.15, 0.2) is 108 Å². The van der Waals surface area contributed by atoms with Crippen LogP contribution in [0.1, 0.15) is 0 Å². The van der Waals surface area contributed by atoms with E-state index in [0.717, 1.165) is 0 Å². The van der Waals surface area contributed by atoms with Gasteiger partial charge >= 0.3 is 0 Å². The van der Waals surface area contributed by atoms with Crippen molar-refractivity contribution in [1.82, 2.24) is 0 Å². The first-order valence-electron chi connectivity index (χ1n) is 10.3. The number of rotatable bonds is 5. The molecule has 0 N–H and O–H groups in total. The van der Waals surface area contributed by atoms with E-state index in [1.165, 1.54) is 51.5 Å². The lowest BCUT2D eigenvalue weighted by molar-refractivity contribution is 1.69. The molecule has 32 heavy (non-hydrogen) atoms. The molecule has 0 aliphatic heterocycles. The maximum Gasteiger partial charge on any atom is 0.0449 e. The van der Waals surface area contributed by atoms with Crippen molar-refractivity contribution >= 4 is 45.3 Å². The molecule has 4 heterocycles. The Morgan fingerprint density at radius 1 is 0.312 bits per heavy atom. The minimum absolute atomic E-state index is 1.28. The monoisotopic (exact) mass is 482 g/mol. The minimum atomic E-state index is 1.28. The zero-order chi connectivity index (χ0) is 21.3. The SMILES string of the molecule is c1csc(-c2ccc(-c3ccc(-c4ccc(-c5ccc(-c6cccs6)cc5)s4)s3)cc2)c1. The van der Waals surface area contributed by atoms with E-state index in [2.05, 4.69) is 108 Å². The van der Waals surface area contributed by atoms with Gasteiger partial charge in [0.1, 0.15) is 0 Å². The fraction of sp³-hybridized carbons (Fsp3) is 0. The van der Waals surface area contributed by atoms with Gasteiger partial charge in [0.15, 0.2) is 0 Å². The Kier molecular flexibility index (Phi) is 5.37. The molecule has 0 spiro atoms. The highest BCUT2D eigenvalue weighted by molar-refractivity contribution is 7.25. The second-order valence-electron chi connectivity index (χ2n) is 7.44. The van der Waals surface area contributed by atoms with Gasteiger partial charge in [0, 0.05) is 29.3 Å². The highest BCUT2D eigenvalue weighted by Crippen LogP contribution is 2.41. The van der Waals surface area contributed by atoms with Crippen LogP contribution in [0.2, 0.25) is 0 Å². The lowest BCUT2D eigenvalue weighted by Gasteiger charge is -2.01. The molecule has 154 valence electrons. The molecule has 0 bridgehead atoms.